The average molecular weight is 610 g/mol. The maximum absolute atomic E-state index is 14.0. The lowest BCUT2D eigenvalue weighted by Gasteiger charge is -2.31. The molecule has 0 spiro atoms. The zero-order chi connectivity index (χ0) is 32.8. The molecule has 44 heavy (non-hydrogen) atoms. The maximum atomic E-state index is 14.0. The first-order chi connectivity index (χ1) is 21.0. The molecular formula is C35H55N5O4. The third-order valence-electron chi connectivity index (χ3n) is 8.44. The predicted octanol–water partition coefficient (Wildman–Crippen LogP) is 7.24. The summed E-state index contributed by atoms with van der Waals surface area (Å²) < 4.78 is 0. The minimum absolute atomic E-state index is 0.0211. The van der Waals surface area contributed by atoms with E-state index in [1.807, 2.05) is 4.90 Å². The van der Waals surface area contributed by atoms with Gasteiger partial charge in [0.25, 0.3) is 23.6 Å². The van der Waals surface area contributed by atoms with E-state index in [2.05, 4.69) is 43.2 Å². The molecule has 0 saturated heterocycles. The highest BCUT2D eigenvalue weighted by Gasteiger charge is 2.41. The van der Waals surface area contributed by atoms with Crippen molar-refractivity contribution in [2.24, 2.45) is 22.1 Å². The molecule has 1 aromatic rings. The minimum atomic E-state index is -1.11. The molecule has 1 aromatic carbocycles. The lowest BCUT2D eigenvalue weighted by atomic mass is 9.95. The molecule has 4 amide bonds. The van der Waals surface area contributed by atoms with E-state index in [1.54, 1.807) is 52.0 Å². The Morgan fingerprint density at radius 3 is 2.05 bits per heavy atom. The van der Waals surface area contributed by atoms with Gasteiger partial charge in [-0.1, -0.05) is 72.3 Å². The van der Waals surface area contributed by atoms with E-state index in [1.165, 1.54) is 0 Å². The molecule has 1 heterocycles. The van der Waals surface area contributed by atoms with Crippen LogP contribution in [0, 0.1) is 11.8 Å². The van der Waals surface area contributed by atoms with Crippen molar-refractivity contribution in [1.82, 2.24) is 15.1 Å². The third-order valence-corrected chi connectivity index (χ3v) is 8.44. The van der Waals surface area contributed by atoms with Crippen molar-refractivity contribution in [3.8, 4) is 0 Å². The first-order valence-corrected chi connectivity index (χ1v) is 16.7. The molecule has 9 nitrogen and oxygen atoms in total. The van der Waals surface area contributed by atoms with Crippen LogP contribution in [0.3, 0.4) is 0 Å². The van der Waals surface area contributed by atoms with Gasteiger partial charge >= 0.3 is 0 Å². The molecule has 3 unspecified atom stereocenters. The smallest absolute Gasteiger partial charge is 0.266 e. The number of carbonyl (C=O) groups excluding carboxylic acids is 4. The van der Waals surface area contributed by atoms with Crippen LogP contribution in [0.25, 0.3) is 0 Å². The number of amides is 4. The highest BCUT2D eigenvalue weighted by Crippen LogP contribution is 2.27. The summed E-state index contributed by atoms with van der Waals surface area (Å²) in [6, 6.07) is 5.73. The van der Waals surface area contributed by atoms with Gasteiger partial charge in [0, 0.05) is 31.2 Å². The van der Waals surface area contributed by atoms with E-state index in [4.69, 9.17) is 0 Å². The van der Waals surface area contributed by atoms with Gasteiger partial charge in [0.2, 0.25) is 0 Å². The first kappa shape index (κ1) is 36.8. The second kappa shape index (κ2) is 18.4. The van der Waals surface area contributed by atoms with Crippen molar-refractivity contribution in [1.29, 1.82) is 0 Å². The molecule has 9 heteroatoms. The van der Waals surface area contributed by atoms with Crippen LogP contribution in [0.1, 0.15) is 117 Å². The molecule has 3 atom stereocenters. The quantitative estimate of drug-likeness (QED) is 0.107. The largest absolute Gasteiger partial charge is 0.350 e. The second-order valence-electron chi connectivity index (χ2n) is 12.3. The second-order valence-corrected chi connectivity index (χ2v) is 12.3. The van der Waals surface area contributed by atoms with Gasteiger partial charge in [-0.2, -0.15) is 10.2 Å². The zero-order valence-corrected chi connectivity index (χ0v) is 28.3. The lowest BCUT2D eigenvalue weighted by Crippen LogP contribution is -2.51. The highest BCUT2D eigenvalue weighted by molar-refractivity contribution is 6.25. The molecule has 2 rings (SSSR count). The number of likely N-dealkylation sites (N-methyl/N-ethyl adjacent to an activating group) is 1. The fourth-order valence-corrected chi connectivity index (χ4v) is 5.63. The van der Waals surface area contributed by atoms with Crippen LogP contribution in [0.4, 0.5) is 5.69 Å². The van der Waals surface area contributed by atoms with Crippen LogP contribution in [0.5, 0.6) is 0 Å². The fourth-order valence-electron chi connectivity index (χ4n) is 5.63. The summed E-state index contributed by atoms with van der Waals surface area (Å²) >= 11 is 0. The van der Waals surface area contributed by atoms with Crippen LogP contribution in [0.2, 0.25) is 0 Å². The van der Waals surface area contributed by atoms with Crippen LogP contribution in [-0.4, -0.2) is 65.1 Å². The molecule has 0 aliphatic carbocycles. The number of imide groups is 1. The van der Waals surface area contributed by atoms with Gasteiger partial charge in [-0.25, -0.2) is 0 Å². The zero-order valence-electron chi connectivity index (χ0n) is 28.3. The molecule has 1 N–H and O–H groups in total. The molecule has 0 aromatic heterocycles. The van der Waals surface area contributed by atoms with Crippen LogP contribution >= 0.6 is 0 Å². The van der Waals surface area contributed by atoms with Gasteiger partial charge in [-0.15, -0.1) is 0 Å². The number of unbranched alkanes of at least 4 members (excludes halogenated alkanes) is 2. The number of nitrogens with one attached hydrogen (secondary N) is 1. The number of hydrogen-bond donors (Lipinski definition) is 1. The van der Waals surface area contributed by atoms with E-state index < -0.39 is 23.8 Å². The van der Waals surface area contributed by atoms with E-state index >= 15 is 0 Å². The molecule has 0 radical (unpaired) electrons. The van der Waals surface area contributed by atoms with Crippen LogP contribution < -0.4 is 5.32 Å². The summed E-state index contributed by atoms with van der Waals surface area (Å²) in [6.45, 7) is 17.2. The minimum Gasteiger partial charge on any atom is -0.350 e. The van der Waals surface area contributed by atoms with E-state index in [0.29, 0.717) is 23.1 Å². The van der Waals surface area contributed by atoms with Gasteiger partial charge in [-0.05, 0) is 76.1 Å². The summed E-state index contributed by atoms with van der Waals surface area (Å²) in [5.74, 6) is -0.802. The van der Waals surface area contributed by atoms with Crippen LogP contribution in [0.15, 0.2) is 45.6 Å². The number of carbonyl (C=O) groups is 4. The van der Waals surface area contributed by atoms with Gasteiger partial charge in [0.15, 0.2) is 6.04 Å². The number of azo groups is 1. The van der Waals surface area contributed by atoms with Gasteiger partial charge in [0.05, 0.1) is 5.69 Å². The molecule has 0 saturated carbocycles. The number of rotatable bonds is 18. The Morgan fingerprint density at radius 2 is 1.55 bits per heavy atom. The number of hydrogen-bond acceptors (Lipinski definition) is 6. The van der Waals surface area contributed by atoms with Crippen molar-refractivity contribution in [3.05, 3.63) is 41.0 Å². The Kier molecular flexibility index (Phi) is 15.4. The molecule has 0 bridgehead atoms. The van der Waals surface area contributed by atoms with Crippen molar-refractivity contribution >= 4 is 29.3 Å². The Bertz CT molecular complexity index is 1170. The van der Waals surface area contributed by atoms with Gasteiger partial charge < -0.3 is 10.2 Å². The molecule has 244 valence electrons. The highest BCUT2D eigenvalue weighted by atomic mass is 16.2. The lowest BCUT2D eigenvalue weighted by molar-refractivity contribution is -0.144. The Labute approximate surface area is 264 Å². The Balaban J connectivity index is 2.41. The van der Waals surface area contributed by atoms with Crippen LogP contribution in [-0.2, 0) is 14.4 Å². The first-order valence-electron chi connectivity index (χ1n) is 16.7. The van der Waals surface area contributed by atoms with E-state index in [0.717, 1.165) is 69.4 Å². The summed E-state index contributed by atoms with van der Waals surface area (Å²) in [4.78, 5) is 56.1. The third kappa shape index (κ3) is 10.1. The number of nitrogens with zero attached hydrogens (tertiary/aromatic N) is 4. The van der Waals surface area contributed by atoms with E-state index in [9.17, 15) is 19.2 Å². The molecule has 1 aliphatic rings. The topological polar surface area (TPSA) is 112 Å². The standard InChI is InChI=1S/C35H55N5O4/c1-9-14-17-26(11-3)22-39(23-27(12-4)18-15-10-2)33(42)28-19-16-20-29(21-28)37-38-31-25(8)30(32(41)36-24(6)7)34(43)40(13-5)35(31)44/h16,19-21,24,26-27,31H,9-15,17-18,22-23H2,1-8H3,(H,36,41). The van der Waals surface area contributed by atoms with Gasteiger partial charge in [-0.3, -0.25) is 24.1 Å². The molecule has 0 fully saturated rings. The van der Waals surface area contributed by atoms with Crippen molar-refractivity contribution < 1.29 is 19.2 Å². The summed E-state index contributed by atoms with van der Waals surface area (Å²) in [7, 11) is 0. The Morgan fingerprint density at radius 1 is 0.955 bits per heavy atom. The molecular weight excluding hydrogens is 554 g/mol. The monoisotopic (exact) mass is 609 g/mol. The predicted molar refractivity (Wildman–Crippen MR) is 176 cm³/mol. The SMILES string of the molecule is CCCCC(CC)CN(CC(CC)CCCC)C(=O)c1cccc(N=NC2C(=O)N(CC)C(=O)C(C(=O)NC(C)C)=C2C)c1. The Hall–Kier alpha value is -3.36. The maximum Gasteiger partial charge on any atom is 0.266 e. The fraction of sp³-hybridized carbons (Fsp3) is 0.657. The molecule has 1 aliphatic heterocycles. The van der Waals surface area contributed by atoms with E-state index in [-0.39, 0.29) is 29.6 Å². The van der Waals surface area contributed by atoms with Crippen molar-refractivity contribution in [3.63, 3.8) is 0 Å². The normalized spacial score (nSPS) is 17.0. The summed E-state index contributed by atoms with van der Waals surface area (Å²) in [6.07, 6.45) is 8.84. The van der Waals surface area contributed by atoms with Crippen molar-refractivity contribution in [2.75, 3.05) is 19.6 Å². The summed E-state index contributed by atoms with van der Waals surface area (Å²) in [5.41, 5.74) is 1.15. The number of benzene rings is 1. The summed E-state index contributed by atoms with van der Waals surface area (Å²) in [5, 5.41) is 11.4. The van der Waals surface area contributed by atoms with Crippen molar-refractivity contribution in [2.45, 2.75) is 119 Å². The van der Waals surface area contributed by atoms with Gasteiger partial charge in [0.1, 0.15) is 5.57 Å². The average Bonchev–Trinajstić information content (AvgIpc) is 2.99.